The molecule has 1 saturated heterocycles. The van der Waals surface area contributed by atoms with Crippen LogP contribution in [0.4, 0.5) is 0 Å². The average molecular weight is 292 g/mol. The van der Waals surface area contributed by atoms with Crippen molar-refractivity contribution < 1.29 is 0 Å². The van der Waals surface area contributed by atoms with Gasteiger partial charge in [0, 0.05) is 19.6 Å². The Morgan fingerprint density at radius 2 is 1.64 bits per heavy atom. The molecule has 0 aliphatic carbocycles. The summed E-state index contributed by atoms with van der Waals surface area (Å²) >= 11 is 0. The number of likely N-dealkylation sites (tertiary alicyclic amines) is 1. The van der Waals surface area contributed by atoms with Crippen molar-refractivity contribution in [1.29, 1.82) is 0 Å². The Labute approximate surface area is 130 Å². The molecule has 0 N–H and O–H groups in total. The molecule has 0 radical (unpaired) electrons. The molecule has 0 spiro atoms. The van der Waals surface area contributed by atoms with Crippen LogP contribution in [-0.4, -0.2) is 33.0 Å². The fourth-order valence-corrected chi connectivity index (χ4v) is 3.32. The number of fused-ring (bicyclic) bond motifs is 1. The third-order valence-corrected chi connectivity index (χ3v) is 4.53. The smallest absolute Gasteiger partial charge is 0.113 e. The van der Waals surface area contributed by atoms with Gasteiger partial charge in [-0.25, -0.2) is 4.68 Å². The third kappa shape index (κ3) is 2.62. The summed E-state index contributed by atoms with van der Waals surface area (Å²) < 4.78 is 2.12. The standard InChI is InChI=1S/C18H20N4/c1-2-6-15(7-3-1)14-21-12-10-16(11-13-21)22-18-9-5-4-8-17(18)19-20-22/h1-9,16H,10-14H2. The molecule has 2 heterocycles. The zero-order valence-electron chi connectivity index (χ0n) is 12.6. The number of hydrogen-bond donors (Lipinski definition) is 0. The molecular weight excluding hydrogens is 272 g/mol. The van der Waals surface area contributed by atoms with E-state index in [1.807, 2.05) is 12.1 Å². The van der Waals surface area contributed by atoms with Crippen molar-refractivity contribution in [2.75, 3.05) is 13.1 Å². The summed E-state index contributed by atoms with van der Waals surface area (Å²) in [5.74, 6) is 0. The van der Waals surface area contributed by atoms with E-state index in [0.717, 1.165) is 43.5 Å². The number of aromatic nitrogens is 3. The molecule has 4 rings (SSSR count). The first-order valence-electron chi connectivity index (χ1n) is 7.96. The number of rotatable bonds is 3. The van der Waals surface area contributed by atoms with E-state index in [1.165, 1.54) is 5.56 Å². The molecule has 1 aliphatic rings. The van der Waals surface area contributed by atoms with Crippen LogP contribution >= 0.6 is 0 Å². The van der Waals surface area contributed by atoms with Crippen LogP contribution in [0, 0.1) is 0 Å². The minimum Gasteiger partial charge on any atom is -0.299 e. The molecule has 0 amide bonds. The summed E-state index contributed by atoms with van der Waals surface area (Å²) in [7, 11) is 0. The van der Waals surface area contributed by atoms with Crippen molar-refractivity contribution in [3.63, 3.8) is 0 Å². The molecule has 1 aliphatic heterocycles. The van der Waals surface area contributed by atoms with Gasteiger partial charge in [-0.2, -0.15) is 0 Å². The van der Waals surface area contributed by atoms with Gasteiger partial charge in [-0.3, -0.25) is 4.90 Å². The molecule has 0 saturated carbocycles. The van der Waals surface area contributed by atoms with Crippen LogP contribution in [-0.2, 0) is 6.54 Å². The number of benzene rings is 2. The summed E-state index contributed by atoms with van der Waals surface area (Å²) in [5, 5.41) is 8.66. The van der Waals surface area contributed by atoms with Crippen molar-refractivity contribution in [2.45, 2.75) is 25.4 Å². The minimum atomic E-state index is 0.472. The van der Waals surface area contributed by atoms with E-state index in [1.54, 1.807) is 0 Å². The van der Waals surface area contributed by atoms with Gasteiger partial charge in [0.05, 0.1) is 11.6 Å². The Morgan fingerprint density at radius 3 is 2.45 bits per heavy atom. The molecular formula is C18H20N4. The first-order valence-corrected chi connectivity index (χ1v) is 7.96. The molecule has 0 bridgehead atoms. The molecule has 2 aromatic carbocycles. The van der Waals surface area contributed by atoms with E-state index in [9.17, 15) is 0 Å². The first kappa shape index (κ1) is 13.5. The van der Waals surface area contributed by atoms with Gasteiger partial charge in [0.2, 0.25) is 0 Å². The van der Waals surface area contributed by atoms with Gasteiger partial charge in [-0.05, 0) is 30.5 Å². The summed E-state index contributed by atoms with van der Waals surface area (Å²) in [6, 6.07) is 19.4. The van der Waals surface area contributed by atoms with Crippen molar-refractivity contribution >= 4 is 11.0 Å². The van der Waals surface area contributed by atoms with Gasteiger partial charge >= 0.3 is 0 Å². The molecule has 4 nitrogen and oxygen atoms in total. The molecule has 1 aromatic heterocycles. The Morgan fingerprint density at radius 1 is 0.909 bits per heavy atom. The lowest BCUT2D eigenvalue weighted by atomic mass is 10.0. The van der Waals surface area contributed by atoms with Crippen LogP contribution in [0.1, 0.15) is 24.4 Å². The molecule has 0 unspecified atom stereocenters. The molecule has 4 heteroatoms. The number of para-hydroxylation sites is 1. The molecule has 1 fully saturated rings. The minimum absolute atomic E-state index is 0.472. The highest BCUT2D eigenvalue weighted by Crippen LogP contribution is 2.25. The summed E-state index contributed by atoms with van der Waals surface area (Å²) in [4.78, 5) is 2.53. The van der Waals surface area contributed by atoms with E-state index in [-0.39, 0.29) is 0 Å². The van der Waals surface area contributed by atoms with Crippen molar-refractivity contribution in [3.8, 4) is 0 Å². The highest BCUT2D eigenvalue weighted by Gasteiger charge is 2.22. The summed E-state index contributed by atoms with van der Waals surface area (Å²) in [6.45, 7) is 3.28. The van der Waals surface area contributed by atoms with Crippen LogP contribution in [0.15, 0.2) is 54.6 Å². The lowest BCUT2D eigenvalue weighted by molar-refractivity contribution is 0.174. The largest absolute Gasteiger partial charge is 0.299 e. The van der Waals surface area contributed by atoms with Crippen LogP contribution in [0.2, 0.25) is 0 Å². The lowest BCUT2D eigenvalue weighted by Crippen LogP contribution is -2.34. The third-order valence-electron chi connectivity index (χ3n) is 4.53. The highest BCUT2D eigenvalue weighted by molar-refractivity contribution is 5.73. The second-order valence-electron chi connectivity index (χ2n) is 6.02. The Balaban J connectivity index is 1.43. The van der Waals surface area contributed by atoms with Crippen LogP contribution in [0.25, 0.3) is 11.0 Å². The van der Waals surface area contributed by atoms with Gasteiger partial charge < -0.3 is 0 Å². The van der Waals surface area contributed by atoms with Crippen molar-refractivity contribution in [3.05, 3.63) is 60.2 Å². The normalized spacial score (nSPS) is 17.1. The van der Waals surface area contributed by atoms with Crippen molar-refractivity contribution in [2.24, 2.45) is 0 Å². The maximum Gasteiger partial charge on any atom is 0.113 e. The van der Waals surface area contributed by atoms with Gasteiger partial charge in [0.1, 0.15) is 5.52 Å². The molecule has 3 aromatic rings. The summed E-state index contributed by atoms with van der Waals surface area (Å²) in [6.07, 6.45) is 2.28. The van der Waals surface area contributed by atoms with E-state index in [0.29, 0.717) is 6.04 Å². The van der Waals surface area contributed by atoms with E-state index in [2.05, 4.69) is 62.4 Å². The second kappa shape index (κ2) is 5.89. The Hall–Kier alpha value is -2.20. The topological polar surface area (TPSA) is 34.0 Å². The van der Waals surface area contributed by atoms with Gasteiger partial charge in [0.15, 0.2) is 0 Å². The SMILES string of the molecule is c1ccc(CN2CCC(n3nnc4ccccc43)CC2)cc1. The maximum absolute atomic E-state index is 4.38. The zero-order valence-corrected chi connectivity index (χ0v) is 12.6. The van der Waals surface area contributed by atoms with Crippen molar-refractivity contribution in [1.82, 2.24) is 19.9 Å². The van der Waals surface area contributed by atoms with E-state index < -0.39 is 0 Å². The summed E-state index contributed by atoms with van der Waals surface area (Å²) in [5.41, 5.74) is 3.55. The van der Waals surface area contributed by atoms with Gasteiger partial charge in [-0.1, -0.05) is 47.7 Å². The van der Waals surface area contributed by atoms with Gasteiger partial charge in [-0.15, -0.1) is 5.10 Å². The number of piperidine rings is 1. The van der Waals surface area contributed by atoms with Gasteiger partial charge in [0.25, 0.3) is 0 Å². The Bertz CT molecular complexity index is 742. The molecule has 22 heavy (non-hydrogen) atoms. The number of nitrogens with zero attached hydrogens (tertiary/aromatic N) is 4. The lowest BCUT2D eigenvalue weighted by Gasteiger charge is -2.32. The zero-order chi connectivity index (χ0) is 14.8. The van der Waals surface area contributed by atoms with Crippen LogP contribution in [0.3, 0.4) is 0 Å². The first-order chi connectivity index (χ1) is 10.9. The molecule has 112 valence electrons. The fourth-order valence-electron chi connectivity index (χ4n) is 3.32. The van der Waals surface area contributed by atoms with E-state index in [4.69, 9.17) is 0 Å². The molecule has 0 atom stereocenters. The predicted molar refractivity (Wildman–Crippen MR) is 87.5 cm³/mol. The monoisotopic (exact) mass is 292 g/mol. The Kier molecular flexibility index (Phi) is 3.60. The van der Waals surface area contributed by atoms with Crippen LogP contribution < -0.4 is 0 Å². The number of hydrogen-bond acceptors (Lipinski definition) is 3. The second-order valence-corrected chi connectivity index (χ2v) is 6.02. The van der Waals surface area contributed by atoms with E-state index >= 15 is 0 Å². The predicted octanol–water partition coefficient (Wildman–Crippen LogP) is 3.27. The highest BCUT2D eigenvalue weighted by atomic mass is 15.4. The average Bonchev–Trinajstić information content (AvgIpc) is 3.01. The fraction of sp³-hybridized carbons (Fsp3) is 0.333. The maximum atomic E-state index is 4.38. The van der Waals surface area contributed by atoms with Crippen LogP contribution in [0.5, 0.6) is 0 Å². The quantitative estimate of drug-likeness (QED) is 0.743.